The van der Waals surface area contributed by atoms with Crippen molar-refractivity contribution in [3.8, 4) is 17.6 Å². The van der Waals surface area contributed by atoms with Gasteiger partial charge in [0.2, 0.25) is 52.6 Å². The second-order valence-electron chi connectivity index (χ2n) is 14.7. The molecule has 6 rings (SSSR count). The summed E-state index contributed by atoms with van der Waals surface area (Å²) < 4.78 is 82.0. The van der Waals surface area contributed by atoms with Crippen LogP contribution < -0.4 is 15.0 Å². The lowest BCUT2D eigenvalue weighted by atomic mass is 9.65. The summed E-state index contributed by atoms with van der Waals surface area (Å²) in [6, 6.07) is 15.4. The number of hydrogen-bond donors (Lipinski definition) is 1. The van der Waals surface area contributed by atoms with E-state index in [2.05, 4.69) is 21.9 Å². The van der Waals surface area contributed by atoms with Gasteiger partial charge in [0.05, 0.1) is 51.5 Å². The van der Waals surface area contributed by atoms with Crippen molar-refractivity contribution < 1.29 is 55.3 Å². The van der Waals surface area contributed by atoms with Gasteiger partial charge in [-0.15, -0.1) is 0 Å². The number of benzene rings is 3. The van der Waals surface area contributed by atoms with E-state index >= 15 is 0 Å². The molecule has 3 amide bonds. The average molecular weight is 810 g/mol. The number of halogens is 5. The van der Waals surface area contributed by atoms with Crippen LogP contribution in [-0.2, 0) is 35.2 Å². The first-order chi connectivity index (χ1) is 28.0. The number of piperidine rings is 1. The summed E-state index contributed by atoms with van der Waals surface area (Å²) in [7, 11) is 0. The van der Waals surface area contributed by atoms with Crippen LogP contribution in [0.4, 0.5) is 27.6 Å². The largest absolute Gasteiger partial charge is 0.420 e. The molecule has 0 unspecified atom stereocenters. The first-order valence-corrected chi connectivity index (χ1v) is 19.4. The molecule has 0 atom stereocenters. The van der Waals surface area contributed by atoms with Crippen molar-refractivity contribution in [1.82, 2.24) is 10.2 Å². The van der Waals surface area contributed by atoms with Crippen LogP contribution in [0.5, 0.6) is 5.75 Å². The van der Waals surface area contributed by atoms with Crippen molar-refractivity contribution in [2.45, 2.75) is 64.3 Å². The summed E-state index contributed by atoms with van der Waals surface area (Å²) in [5, 5.41) is 3.01. The molecule has 2 heterocycles. The highest BCUT2D eigenvalue weighted by Gasteiger charge is 2.40. The van der Waals surface area contributed by atoms with Crippen molar-refractivity contribution in [2.24, 2.45) is 11.3 Å². The zero-order chi connectivity index (χ0) is 41.2. The molecule has 0 bridgehead atoms. The Bertz CT molecular complexity index is 2040. The molecule has 10 nitrogen and oxygen atoms in total. The van der Waals surface area contributed by atoms with Crippen LogP contribution in [0.2, 0.25) is 0 Å². The molecule has 3 aromatic carbocycles. The highest BCUT2D eigenvalue weighted by molar-refractivity contribution is 5.95. The number of ether oxygens (including phenoxy) is 3. The standard InChI is InChI=1S/C43H44F5N3O7/c44-36-37(45)39(47)41(40(48)38(36)46)58-35(54)15-24-57-26-25-56-23-14-33(52)50-21-18-43(19-22-50)16-11-30(12-17-43)42(55)49-20-13-34(53)51-27-31-7-2-1-5-28(31)9-10-29-6-3-4-8-32(29)51/h1-8,30H,11-27H2,(H,49,55). The van der Waals surface area contributed by atoms with Gasteiger partial charge >= 0.3 is 5.97 Å². The van der Waals surface area contributed by atoms with Gasteiger partial charge in [0.15, 0.2) is 0 Å². The highest BCUT2D eigenvalue weighted by Crippen LogP contribution is 2.46. The fourth-order valence-corrected chi connectivity index (χ4v) is 7.64. The molecule has 3 aliphatic rings. The van der Waals surface area contributed by atoms with Gasteiger partial charge in [-0.2, -0.15) is 8.78 Å². The number of hydrogen-bond acceptors (Lipinski definition) is 7. The van der Waals surface area contributed by atoms with Gasteiger partial charge in [0.1, 0.15) is 0 Å². The van der Waals surface area contributed by atoms with Crippen molar-refractivity contribution in [3.05, 3.63) is 94.3 Å². The number of carbonyl (C=O) groups is 4. The topological polar surface area (TPSA) is 114 Å². The highest BCUT2D eigenvalue weighted by atomic mass is 19.2. The van der Waals surface area contributed by atoms with Gasteiger partial charge in [0, 0.05) is 43.1 Å². The predicted octanol–water partition coefficient (Wildman–Crippen LogP) is 6.35. The minimum absolute atomic E-state index is 0.0203. The third-order valence-corrected chi connectivity index (χ3v) is 11.1. The van der Waals surface area contributed by atoms with Gasteiger partial charge < -0.3 is 29.3 Å². The summed E-state index contributed by atoms with van der Waals surface area (Å²) in [6.45, 7) is 1.88. The second-order valence-corrected chi connectivity index (χ2v) is 14.7. The molecule has 1 saturated heterocycles. The molecule has 1 saturated carbocycles. The lowest BCUT2D eigenvalue weighted by Crippen LogP contribution is -2.46. The molecule has 1 N–H and O–H groups in total. The Morgan fingerprint density at radius 3 is 1.97 bits per heavy atom. The molecule has 0 aromatic heterocycles. The van der Waals surface area contributed by atoms with E-state index in [1.54, 1.807) is 4.90 Å². The van der Waals surface area contributed by atoms with Gasteiger partial charge in [-0.25, -0.2) is 13.2 Å². The van der Waals surface area contributed by atoms with Gasteiger partial charge in [-0.05, 0) is 67.7 Å². The SMILES string of the molecule is O=C(CCOCCOCCC(=O)N1CCC2(CCC(C(=O)NCCC(=O)N3Cc4ccccc4C#Cc4ccccc43)CC2)CC1)Oc1c(F)c(F)c(F)c(F)c1F. The van der Waals surface area contributed by atoms with Gasteiger partial charge in [-0.1, -0.05) is 42.2 Å². The molecule has 0 radical (unpaired) electrons. The van der Waals surface area contributed by atoms with E-state index in [0.717, 1.165) is 60.9 Å². The third kappa shape index (κ3) is 10.2. The van der Waals surface area contributed by atoms with Gasteiger partial charge in [-0.3, -0.25) is 19.2 Å². The van der Waals surface area contributed by atoms with E-state index in [1.165, 1.54) is 0 Å². The van der Waals surface area contributed by atoms with Crippen LogP contribution in [0.15, 0.2) is 48.5 Å². The Labute approximate surface area is 333 Å². The molecule has 15 heteroatoms. The number of likely N-dealkylation sites (tertiary alicyclic amines) is 1. The van der Waals surface area contributed by atoms with E-state index in [4.69, 9.17) is 9.47 Å². The number of nitrogens with zero attached hydrogens (tertiary/aromatic N) is 2. The van der Waals surface area contributed by atoms with Crippen molar-refractivity contribution in [3.63, 3.8) is 0 Å². The Morgan fingerprint density at radius 2 is 1.28 bits per heavy atom. The first kappa shape index (κ1) is 42.3. The van der Waals surface area contributed by atoms with Crippen LogP contribution in [0, 0.1) is 52.3 Å². The number of para-hydroxylation sites is 1. The zero-order valence-electron chi connectivity index (χ0n) is 31.9. The molecule has 3 aromatic rings. The molecule has 308 valence electrons. The zero-order valence-corrected chi connectivity index (χ0v) is 31.9. The van der Waals surface area contributed by atoms with E-state index in [0.29, 0.717) is 19.6 Å². The number of anilines is 1. The Hall–Kier alpha value is -5.33. The average Bonchev–Trinajstić information content (AvgIpc) is 3.23. The number of rotatable bonds is 14. The number of carbonyl (C=O) groups excluding carboxylic acids is 4. The van der Waals surface area contributed by atoms with Crippen LogP contribution in [0.25, 0.3) is 0 Å². The maximum atomic E-state index is 13.7. The lowest BCUT2D eigenvalue weighted by Gasteiger charge is -2.45. The minimum atomic E-state index is -2.36. The van der Waals surface area contributed by atoms with Gasteiger partial charge in [0.25, 0.3) is 0 Å². The Kier molecular flexibility index (Phi) is 14.2. The second kappa shape index (κ2) is 19.4. The normalized spacial score (nSPS) is 16.0. The van der Waals surface area contributed by atoms with E-state index in [9.17, 15) is 41.1 Å². The number of fused-ring (bicyclic) bond motifs is 2. The Balaban J connectivity index is 0.829. The predicted molar refractivity (Wildman–Crippen MR) is 201 cm³/mol. The number of nitrogens with one attached hydrogen (secondary N) is 1. The van der Waals surface area contributed by atoms with Crippen molar-refractivity contribution in [2.75, 3.05) is 51.0 Å². The molecule has 1 aliphatic carbocycles. The molecular formula is C43H44F5N3O7. The summed E-state index contributed by atoms with van der Waals surface area (Å²) in [5.74, 6) is -8.10. The molecular weight excluding hydrogens is 765 g/mol. The quantitative estimate of drug-likeness (QED) is 0.0384. The van der Waals surface area contributed by atoms with Crippen LogP contribution in [0.3, 0.4) is 0 Å². The molecule has 2 aliphatic heterocycles. The van der Waals surface area contributed by atoms with Crippen LogP contribution >= 0.6 is 0 Å². The monoisotopic (exact) mass is 809 g/mol. The minimum Gasteiger partial charge on any atom is -0.420 e. The summed E-state index contributed by atoms with van der Waals surface area (Å²) in [5.41, 5.74) is 3.49. The molecule has 58 heavy (non-hydrogen) atoms. The van der Waals surface area contributed by atoms with E-state index in [1.807, 2.05) is 53.4 Å². The maximum Gasteiger partial charge on any atom is 0.313 e. The van der Waals surface area contributed by atoms with Crippen LogP contribution in [-0.4, -0.2) is 74.7 Å². The summed E-state index contributed by atoms with van der Waals surface area (Å²) in [6.07, 6.45) is 4.82. The fourth-order valence-electron chi connectivity index (χ4n) is 7.64. The number of esters is 1. The summed E-state index contributed by atoms with van der Waals surface area (Å²) >= 11 is 0. The smallest absolute Gasteiger partial charge is 0.313 e. The maximum absolute atomic E-state index is 13.7. The summed E-state index contributed by atoms with van der Waals surface area (Å²) in [4.78, 5) is 54.9. The molecule has 2 fully saturated rings. The van der Waals surface area contributed by atoms with Crippen molar-refractivity contribution in [1.29, 1.82) is 0 Å². The van der Waals surface area contributed by atoms with Crippen LogP contribution in [0.1, 0.15) is 74.5 Å². The first-order valence-electron chi connectivity index (χ1n) is 19.4. The van der Waals surface area contributed by atoms with Crippen molar-refractivity contribution >= 4 is 29.4 Å². The van der Waals surface area contributed by atoms with E-state index < -0.39 is 47.2 Å². The Morgan fingerprint density at radius 1 is 0.690 bits per heavy atom. The fraction of sp³-hybridized carbons (Fsp3) is 0.442. The molecule has 1 spiro atoms. The number of amides is 3. The van der Waals surface area contributed by atoms with E-state index in [-0.39, 0.29) is 74.9 Å². The third-order valence-electron chi connectivity index (χ3n) is 11.1. The lowest BCUT2D eigenvalue weighted by molar-refractivity contribution is -0.137.